The molecule has 0 radical (unpaired) electrons. The molecule has 1 fully saturated rings. The van der Waals surface area contributed by atoms with Gasteiger partial charge >= 0.3 is 12.0 Å². The topological polar surface area (TPSA) is 144 Å². The average molecular weight is 554 g/mol. The monoisotopic (exact) mass is 553 g/mol. The maximum atomic E-state index is 15.1. The van der Waals surface area contributed by atoms with Gasteiger partial charge in [-0.3, -0.25) is 9.69 Å². The van der Waals surface area contributed by atoms with Gasteiger partial charge in [-0.05, 0) is 47.7 Å². The number of aliphatic hydroxyl groups is 1. The zero-order valence-electron chi connectivity index (χ0n) is 21.6. The molecule has 0 saturated carbocycles. The van der Waals surface area contributed by atoms with Gasteiger partial charge in [-0.2, -0.15) is 5.10 Å². The number of rotatable bonds is 9. The van der Waals surface area contributed by atoms with E-state index in [1.807, 2.05) is 0 Å². The summed E-state index contributed by atoms with van der Waals surface area (Å²) in [5.74, 6) is -2.14. The van der Waals surface area contributed by atoms with Gasteiger partial charge in [0, 0.05) is 37.3 Å². The number of anilines is 1. The largest absolute Gasteiger partial charge is 0.458 e. The minimum atomic E-state index is -2.04. The van der Waals surface area contributed by atoms with Crippen molar-refractivity contribution < 1.29 is 28.2 Å². The summed E-state index contributed by atoms with van der Waals surface area (Å²) in [5.41, 5.74) is -0.942. The summed E-state index contributed by atoms with van der Waals surface area (Å²) in [6, 6.07) is 8.47. The van der Waals surface area contributed by atoms with Crippen LogP contribution in [0.25, 0.3) is 5.69 Å². The van der Waals surface area contributed by atoms with Gasteiger partial charge < -0.3 is 14.7 Å². The second-order valence-corrected chi connectivity index (χ2v) is 9.26. The van der Waals surface area contributed by atoms with Crippen molar-refractivity contribution in [3.63, 3.8) is 0 Å². The second-order valence-electron chi connectivity index (χ2n) is 9.26. The van der Waals surface area contributed by atoms with Crippen LogP contribution in [0.15, 0.2) is 55.1 Å². The van der Waals surface area contributed by atoms with Gasteiger partial charge in [-0.15, -0.1) is 5.10 Å². The first-order chi connectivity index (χ1) is 19.2. The Bertz CT molecular complexity index is 1510. The highest BCUT2D eigenvalue weighted by atomic mass is 19.1. The molecule has 2 amide bonds. The number of halogens is 2. The number of tetrazole rings is 1. The smallest absolute Gasteiger partial charge is 0.324 e. The third kappa shape index (κ3) is 5.22. The zero-order valence-corrected chi connectivity index (χ0v) is 21.6. The maximum Gasteiger partial charge on any atom is 0.324 e. The molecule has 1 aliphatic heterocycles. The molecular weight excluding hydrogens is 528 g/mol. The van der Waals surface area contributed by atoms with Crippen LogP contribution in [0.3, 0.4) is 0 Å². The molecule has 2 atom stereocenters. The van der Waals surface area contributed by atoms with Crippen molar-refractivity contribution in [1.82, 2.24) is 39.9 Å². The fourth-order valence-corrected chi connectivity index (χ4v) is 4.65. The first kappa shape index (κ1) is 26.8. The number of esters is 1. The highest BCUT2D eigenvalue weighted by Crippen LogP contribution is 2.35. The van der Waals surface area contributed by atoms with Crippen molar-refractivity contribution in [3.05, 3.63) is 78.1 Å². The van der Waals surface area contributed by atoms with Crippen LogP contribution >= 0.6 is 0 Å². The van der Waals surface area contributed by atoms with E-state index in [1.54, 1.807) is 31.2 Å². The van der Waals surface area contributed by atoms with Crippen LogP contribution in [-0.2, 0) is 28.3 Å². The normalized spacial score (nSPS) is 15.8. The Kier molecular flexibility index (Phi) is 7.21. The lowest BCUT2D eigenvalue weighted by atomic mass is 9.85. The van der Waals surface area contributed by atoms with Crippen LogP contribution in [0.1, 0.15) is 25.2 Å². The molecule has 40 heavy (non-hydrogen) atoms. The van der Waals surface area contributed by atoms with E-state index in [9.17, 15) is 19.1 Å². The Labute approximate surface area is 226 Å². The lowest BCUT2D eigenvalue weighted by Gasteiger charge is -2.39. The summed E-state index contributed by atoms with van der Waals surface area (Å²) in [6.07, 6.45) is 2.74. The number of hydrogen-bond donors (Lipinski definition) is 1. The van der Waals surface area contributed by atoms with Crippen molar-refractivity contribution in [2.75, 3.05) is 18.0 Å². The van der Waals surface area contributed by atoms with Gasteiger partial charge in [0.15, 0.2) is 12.4 Å². The number of carbonyl (C=O) groups is 2. The number of hydrogen-bond acceptors (Lipinski definition) is 9. The quantitative estimate of drug-likeness (QED) is 0.307. The third-order valence-electron chi connectivity index (χ3n) is 6.76. The number of aromatic nitrogens is 7. The van der Waals surface area contributed by atoms with Gasteiger partial charge in [0.2, 0.25) is 0 Å². The molecule has 13 nitrogen and oxygen atoms in total. The molecule has 0 unspecified atom stereocenters. The molecule has 5 rings (SSSR count). The van der Waals surface area contributed by atoms with E-state index in [4.69, 9.17) is 4.74 Å². The molecule has 0 spiro atoms. The Morgan fingerprint density at radius 3 is 2.55 bits per heavy atom. The zero-order chi connectivity index (χ0) is 28.4. The number of nitrogens with zero attached hydrogens (tertiary/aromatic N) is 9. The van der Waals surface area contributed by atoms with E-state index in [2.05, 4.69) is 25.6 Å². The molecule has 3 heterocycles. The predicted octanol–water partition coefficient (Wildman–Crippen LogP) is 1.81. The summed E-state index contributed by atoms with van der Waals surface area (Å²) in [5, 5.41) is 27.3. The predicted molar refractivity (Wildman–Crippen MR) is 134 cm³/mol. The van der Waals surface area contributed by atoms with Crippen molar-refractivity contribution in [1.29, 1.82) is 0 Å². The summed E-state index contributed by atoms with van der Waals surface area (Å²) in [4.78, 5) is 31.7. The van der Waals surface area contributed by atoms with E-state index < -0.39 is 35.3 Å². The third-order valence-corrected chi connectivity index (χ3v) is 6.76. The molecular formula is C25H25F2N9O4. The van der Waals surface area contributed by atoms with E-state index in [-0.39, 0.29) is 31.1 Å². The first-order valence-corrected chi connectivity index (χ1v) is 12.3. The lowest BCUT2D eigenvalue weighted by molar-refractivity contribution is -0.142. The van der Waals surface area contributed by atoms with Crippen molar-refractivity contribution in [2.24, 2.45) is 0 Å². The number of urea groups is 1. The standard InChI is InChI=1S/C25H25F2N9O4/c1-16(34-9-10-35(24(34)38)19-4-6-20(7-5-19)36-15-29-31-32-36)25(39,21-8-3-18(26)11-22(21)27)13-33-14-28-23(30-33)12-40-17(2)37/h3-8,11,14-16,39H,9-10,12-13H2,1-2H3/t16-,25-/m1/s1. The van der Waals surface area contributed by atoms with Gasteiger partial charge in [0.1, 0.15) is 29.9 Å². The molecule has 1 N–H and O–H groups in total. The Hall–Kier alpha value is -4.79. The fourth-order valence-electron chi connectivity index (χ4n) is 4.65. The molecule has 1 aliphatic rings. The molecule has 2 aromatic heterocycles. The van der Waals surface area contributed by atoms with Gasteiger partial charge in [-0.1, -0.05) is 6.07 Å². The van der Waals surface area contributed by atoms with Crippen LogP contribution < -0.4 is 4.90 Å². The number of carbonyl (C=O) groups excluding carboxylic acids is 2. The molecule has 1 saturated heterocycles. The molecule has 0 bridgehead atoms. The molecule has 4 aromatic rings. The number of ether oxygens (including phenoxy) is 1. The number of amides is 2. The fraction of sp³-hybridized carbons (Fsp3) is 0.320. The van der Waals surface area contributed by atoms with E-state index in [0.717, 1.165) is 12.1 Å². The number of benzene rings is 2. The Balaban J connectivity index is 1.41. The van der Waals surface area contributed by atoms with Crippen LogP contribution in [-0.4, -0.2) is 76.1 Å². The maximum absolute atomic E-state index is 15.1. The van der Waals surface area contributed by atoms with Crippen LogP contribution in [0.2, 0.25) is 0 Å². The minimum absolute atomic E-state index is 0.165. The summed E-state index contributed by atoms with van der Waals surface area (Å²) >= 11 is 0. The van der Waals surface area contributed by atoms with Gasteiger partial charge in [0.25, 0.3) is 0 Å². The van der Waals surface area contributed by atoms with E-state index in [0.29, 0.717) is 24.0 Å². The minimum Gasteiger partial charge on any atom is -0.458 e. The molecule has 2 aromatic carbocycles. The lowest BCUT2D eigenvalue weighted by Crippen LogP contribution is -2.53. The second kappa shape index (κ2) is 10.8. The van der Waals surface area contributed by atoms with Crippen LogP contribution in [0, 0.1) is 11.6 Å². The average Bonchev–Trinajstić information content (AvgIpc) is 3.69. The van der Waals surface area contributed by atoms with Crippen molar-refractivity contribution in [2.45, 2.75) is 38.6 Å². The molecule has 0 aliphatic carbocycles. The summed E-state index contributed by atoms with van der Waals surface area (Å²) in [6.45, 7) is 2.86. The van der Waals surface area contributed by atoms with Crippen LogP contribution in [0.5, 0.6) is 0 Å². The van der Waals surface area contributed by atoms with Crippen molar-refractivity contribution >= 4 is 17.7 Å². The van der Waals surface area contributed by atoms with E-state index >= 15 is 4.39 Å². The SMILES string of the molecule is CC(=O)OCc1ncn(C[C@](O)(c2ccc(F)cc2F)[C@@H](C)N2CCN(c3ccc(-n4cnnn4)cc3)C2=O)n1. The Morgan fingerprint density at radius 1 is 1.12 bits per heavy atom. The van der Waals surface area contributed by atoms with Gasteiger partial charge in [0.05, 0.1) is 18.3 Å². The van der Waals surface area contributed by atoms with E-state index in [1.165, 1.54) is 38.7 Å². The molecule has 15 heteroatoms. The highest BCUT2D eigenvalue weighted by Gasteiger charge is 2.46. The first-order valence-electron chi connectivity index (χ1n) is 12.3. The summed E-state index contributed by atoms with van der Waals surface area (Å²) in [7, 11) is 0. The van der Waals surface area contributed by atoms with Crippen LogP contribution in [0.4, 0.5) is 19.3 Å². The van der Waals surface area contributed by atoms with Crippen molar-refractivity contribution in [3.8, 4) is 5.69 Å². The summed E-state index contributed by atoms with van der Waals surface area (Å²) < 4.78 is 36.5. The molecule has 208 valence electrons. The highest BCUT2D eigenvalue weighted by molar-refractivity contribution is 5.94. The Morgan fingerprint density at radius 2 is 1.88 bits per heavy atom. The van der Waals surface area contributed by atoms with Gasteiger partial charge in [-0.25, -0.2) is 27.9 Å².